The van der Waals surface area contributed by atoms with Gasteiger partial charge in [0, 0.05) is 16.4 Å². The molecule has 10 heteroatoms. The van der Waals surface area contributed by atoms with Crippen molar-refractivity contribution < 1.29 is 18.9 Å². The quantitative estimate of drug-likeness (QED) is 0.140. The van der Waals surface area contributed by atoms with Crippen LogP contribution < -0.4 is 61.4 Å². The maximum Gasteiger partial charge on any atom is 0.140 e. The van der Waals surface area contributed by atoms with E-state index in [4.69, 9.17) is 48.3 Å². The average Bonchev–Trinajstić information content (AvgIpc) is 3.21. The van der Waals surface area contributed by atoms with Gasteiger partial charge in [-0.25, -0.2) is 0 Å². The molecule has 0 aliphatic carbocycles. The number of nitrogens with two attached hydrogens (primary N) is 1. The highest BCUT2D eigenvalue weighted by atomic mass is 32.4. The summed E-state index contributed by atoms with van der Waals surface area (Å²) in [6.07, 6.45) is 0.691. The molecular weight excluding hydrogens is 783 g/mol. The molecule has 0 radical (unpaired) electrons. The predicted molar refractivity (Wildman–Crippen MR) is 238 cm³/mol. The number of hydrogen-bond donors (Lipinski definition) is 1. The van der Waals surface area contributed by atoms with Gasteiger partial charge >= 0.3 is 0 Å². The minimum Gasteiger partial charge on any atom is -0.456 e. The number of benzene rings is 8. The number of hydrogen-bond acceptors (Lipinski definition) is 8. The molecule has 5 aliphatic rings. The van der Waals surface area contributed by atoms with Crippen LogP contribution in [-0.2, 0) is 30.0 Å². The van der Waals surface area contributed by atoms with Crippen LogP contribution in [0.1, 0.15) is 11.1 Å². The fourth-order valence-electron chi connectivity index (χ4n) is 9.63. The van der Waals surface area contributed by atoms with Gasteiger partial charge in [-0.2, -0.15) is 0 Å². The van der Waals surface area contributed by atoms with Crippen molar-refractivity contribution in [1.82, 2.24) is 0 Å². The first-order chi connectivity index (χ1) is 27.9. The number of para-hydroxylation sites is 1. The summed E-state index contributed by atoms with van der Waals surface area (Å²) in [6, 6.07) is 43.8. The highest BCUT2D eigenvalue weighted by Crippen LogP contribution is 2.68. The highest BCUT2D eigenvalue weighted by Gasteiger charge is 2.52. The number of anilines is 4. The summed E-state index contributed by atoms with van der Waals surface area (Å²) in [5.74, 6) is 5.78. The third kappa shape index (κ3) is 4.01. The van der Waals surface area contributed by atoms with Gasteiger partial charge < -0.3 is 29.6 Å². The van der Waals surface area contributed by atoms with E-state index in [-0.39, 0.29) is 0 Å². The van der Waals surface area contributed by atoms with Gasteiger partial charge in [0.1, 0.15) is 46.0 Å². The summed E-state index contributed by atoms with van der Waals surface area (Å²) in [6.45, 7) is 0. The van der Waals surface area contributed by atoms with E-state index < -0.39 is 12.1 Å². The molecule has 57 heavy (non-hydrogen) atoms. The lowest BCUT2D eigenvalue weighted by molar-refractivity contribution is 0.466. The standard InChI is InChI=1S/C47H28N2O4P2S2/c48-40-39-28(24-37-46(40)54(56)42-27(23-26-11-3-1-4-12-26)13-7-17-31(42)50-33-19-9-21-35(52-37)44(33)54)25-38-47-41(39)49(29-14-5-2-6-15-29)30-16-8-18-32-43(30)55(47,57)45-34(51-32)20-10-22-36(45)53-38/h1-22,24-25H,23,48H2. The Morgan fingerprint density at radius 3 is 1.60 bits per heavy atom. The molecule has 0 saturated heterocycles. The molecule has 2 N–H and O–H groups in total. The van der Waals surface area contributed by atoms with Crippen LogP contribution in [-0.4, -0.2) is 0 Å². The highest BCUT2D eigenvalue weighted by molar-refractivity contribution is 8.26. The third-order valence-corrected chi connectivity index (χ3v) is 21.6. The number of rotatable bonds is 3. The van der Waals surface area contributed by atoms with Crippen molar-refractivity contribution in [2.24, 2.45) is 0 Å². The zero-order valence-electron chi connectivity index (χ0n) is 29.9. The third-order valence-electron chi connectivity index (χ3n) is 11.8. The van der Waals surface area contributed by atoms with Crippen LogP contribution in [0.3, 0.4) is 0 Å². The molecule has 5 heterocycles. The van der Waals surface area contributed by atoms with Crippen molar-refractivity contribution in [3.63, 3.8) is 0 Å². The summed E-state index contributed by atoms with van der Waals surface area (Å²) in [5, 5.41) is 7.42. The Labute approximate surface area is 338 Å². The molecule has 0 amide bonds. The zero-order chi connectivity index (χ0) is 37.8. The smallest absolute Gasteiger partial charge is 0.140 e. The van der Waals surface area contributed by atoms with E-state index in [2.05, 4.69) is 83.8 Å². The normalized spacial score (nSPS) is 19.1. The molecule has 13 rings (SSSR count). The van der Waals surface area contributed by atoms with Crippen LogP contribution in [0.25, 0.3) is 10.8 Å². The zero-order valence-corrected chi connectivity index (χ0v) is 33.4. The average molecular weight is 811 g/mol. The Hall–Kier alpha value is -5.88. The van der Waals surface area contributed by atoms with Crippen molar-refractivity contribution in [2.45, 2.75) is 6.42 Å². The van der Waals surface area contributed by atoms with E-state index in [0.29, 0.717) is 29.4 Å². The first-order valence-electron chi connectivity index (χ1n) is 18.7. The van der Waals surface area contributed by atoms with Crippen LogP contribution in [0.15, 0.2) is 146 Å². The lowest BCUT2D eigenvalue weighted by Gasteiger charge is -2.46. The van der Waals surface area contributed by atoms with Gasteiger partial charge in [-0.3, -0.25) is 0 Å². The van der Waals surface area contributed by atoms with Crippen LogP contribution in [0.5, 0.6) is 46.0 Å². The molecule has 2 unspecified atom stereocenters. The summed E-state index contributed by atoms with van der Waals surface area (Å²) in [5.41, 5.74) is 13.6. The van der Waals surface area contributed by atoms with Gasteiger partial charge in [0.15, 0.2) is 0 Å². The van der Waals surface area contributed by atoms with E-state index in [1.807, 2.05) is 66.7 Å². The predicted octanol–water partition coefficient (Wildman–Crippen LogP) is 9.73. The van der Waals surface area contributed by atoms with E-state index in [0.717, 1.165) is 94.0 Å². The second-order valence-electron chi connectivity index (χ2n) is 14.9. The van der Waals surface area contributed by atoms with Crippen molar-refractivity contribution in [3.8, 4) is 46.0 Å². The molecule has 272 valence electrons. The Balaban J connectivity index is 1.18. The fourth-order valence-corrected chi connectivity index (χ4v) is 19.8. The molecule has 8 aromatic carbocycles. The first kappa shape index (κ1) is 32.2. The fraction of sp³-hybridized carbons (Fsp3) is 0.0213. The molecule has 6 nitrogen and oxygen atoms in total. The number of nitrogen functional groups attached to an aromatic ring is 1. The van der Waals surface area contributed by atoms with Crippen molar-refractivity contribution in [2.75, 3.05) is 10.6 Å². The minimum atomic E-state index is -2.94. The van der Waals surface area contributed by atoms with E-state index in [1.54, 1.807) is 0 Å². The first-order valence-corrected chi connectivity index (χ1v) is 24.3. The Kier molecular flexibility index (Phi) is 6.31. The van der Waals surface area contributed by atoms with Gasteiger partial charge in [-0.1, -0.05) is 102 Å². The summed E-state index contributed by atoms with van der Waals surface area (Å²) >= 11 is 14.4. The maximum absolute atomic E-state index is 7.83. The monoisotopic (exact) mass is 810 g/mol. The van der Waals surface area contributed by atoms with Crippen LogP contribution >= 0.6 is 12.1 Å². The molecule has 8 aromatic rings. The van der Waals surface area contributed by atoms with Gasteiger partial charge in [0.05, 0.1) is 55.7 Å². The Morgan fingerprint density at radius 1 is 0.474 bits per heavy atom. The number of nitrogens with zero attached hydrogens (tertiary/aromatic N) is 1. The summed E-state index contributed by atoms with van der Waals surface area (Å²) < 4.78 is 27.2. The maximum atomic E-state index is 7.83. The molecule has 0 aromatic heterocycles. The van der Waals surface area contributed by atoms with Gasteiger partial charge in [-0.15, -0.1) is 0 Å². The Bertz CT molecular complexity index is 3260. The van der Waals surface area contributed by atoms with Crippen molar-refractivity contribution >= 4 is 101 Å². The SMILES string of the molecule is Nc1c2c(cc3cc4c5c(c13)N(c1ccccc1)c1cccc3c1P5(=S)c1c(cccc1O4)O3)Oc1cccc3c1P2(=S)c1c(Cc2ccccc2)cccc1O3. The minimum absolute atomic E-state index is 0.584. The van der Waals surface area contributed by atoms with E-state index >= 15 is 0 Å². The lowest BCUT2D eigenvalue weighted by atomic mass is 10.0. The molecular formula is C47H28N2O4P2S2. The van der Waals surface area contributed by atoms with Gasteiger partial charge in [0.25, 0.3) is 0 Å². The summed E-state index contributed by atoms with van der Waals surface area (Å²) in [7, 11) is 0. The topological polar surface area (TPSA) is 66.2 Å². The van der Waals surface area contributed by atoms with Crippen molar-refractivity contribution in [3.05, 3.63) is 157 Å². The lowest BCUT2D eigenvalue weighted by Crippen LogP contribution is -2.42. The largest absolute Gasteiger partial charge is 0.456 e. The van der Waals surface area contributed by atoms with Gasteiger partial charge in [0.2, 0.25) is 0 Å². The number of fused-ring (bicyclic) bond motifs is 6. The Morgan fingerprint density at radius 2 is 0.965 bits per heavy atom. The van der Waals surface area contributed by atoms with Crippen molar-refractivity contribution in [1.29, 1.82) is 0 Å². The molecule has 0 fully saturated rings. The number of ether oxygens (including phenoxy) is 4. The molecule has 5 aliphatic heterocycles. The molecule has 2 atom stereocenters. The molecule has 0 spiro atoms. The summed E-state index contributed by atoms with van der Waals surface area (Å²) in [4.78, 5) is 2.30. The molecule has 0 bridgehead atoms. The second-order valence-corrected chi connectivity index (χ2v) is 23.3. The molecule has 0 saturated carbocycles. The van der Waals surface area contributed by atoms with Crippen LogP contribution in [0, 0.1) is 0 Å². The van der Waals surface area contributed by atoms with E-state index in [9.17, 15) is 0 Å². The van der Waals surface area contributed by atoms with Crippen LogP contribution in [0.2, 0.25) is 0 Å². The van der Waals surface area contributed by atoms with E-state index in [1.165, 1.54) is 5.56 Å². The van der Waals surface area contributed by atoms with Gasteiger partial charge in [-0.05, 0) is 89.7 Å². The second kappa shape index (κ2) is 11.2. The van der Waals surface area contributed by atoms with Crippen LogP contribution in [0.4, 0.5) is 22.7 Å².